The van der Waals surface area contributed by atoms with Crippen molar-refractivity contribution in [2.24, 2.45) is 5.73 Å². The fourth-order valence-corrected chi connectivity index (χ4v) is 2.75. The van der Waals surface area contributed by atoms with Crippen molar-refractivity contribution >= 4 is 0 Å². The summed E-state index contributed by atoms with van der Waals surface area (Å²) in [6.07, 6.45) is 0.0316. The largest absolute Gasteiger partial charge is 0.486 e. The Balaban J connectivity index is 2.13. The number of hydrogen-bond acceptors (Lipinski definition) is 2. The van der Waals surface area contributed by atoms with Gasteiger partial charge in [-0.1, -0.05) is 37.3 Å². The maximum Gasteiger partial charge on any atom is 0.121 e. The number of nitrogens with two attached hydrogens (primary N) is 1. The molecule has 2 N–H and O–H groups in total. The summed E-state index contributed by atoms with van der Waals surface area (Å²) in [5, 5.41) is 0. The molecule has 0 aliphatic heterocycles. The molecule has 0 heterocycles. The van der Waals surface area contributed by atoms with Gasteiger partial charge in [0.25, 0.3) is 0 Å². The van der Waals surface area contributed by atoms with Crippen molar-refractivity contribution in [3.63, 3.8) is 0 Å². The second kappa shape index (κ2) is 6.76. The van der Waals surface area contributed by atoms with E-state index in [-0.39, 0.29) is 11.6 Å². The minimum absolute atomic E-state index is 0.0316. The van der Waals surface area contributed by atoms with E-state index in [2.05, 4.69) is 71.9 Å². The van der Waals surface area contributed by atoms with Gasteiger partial charge < -0.3 is 10.5 Å². The molecule has 0 amide bonds. The molecular weight excluding hydrogens is 282 g/mol. The molecule has 2 nitrogen and oxygen atoms in total. The molecule has 124 valence electrons. The molecule has 0 spiro atoms. The van der Waals surface area contributed by atoms with Gasteiger partial charge in [0.2, 0.25) is 0 Å². The lowest BCUT2D eigenvalue weighted by molar-refractivity contribution is 0.226. The van der Waals surface area contributed by atoms with Gasteiger partial charge >= 0.3 is 0 Å². The molecule has 23 heavy (non-hydrogen) atoms. The van der Waals surface area contributed by atoms with E-state index in [1.807, 2.05) is 12.1 Å². The highest BCUT2D eigenvalue weighted by molar-refractivity contribution is 5.36. The summed E-state index contributed by atoms with van der Waals surface area (Å²) in [5.41, 5.74) is 11.1. The van der Waals surface area contributed by atoms with E-state index >= 15 is 0 Å². The van der Waals surface area contributed by atoms with E-state index in [9.17, 15) is 0 Å². The van der Waals surface area contributed by atoms with Crippen molar-refractivity contribution in [1.29, 1.82) is 0 Å². The summed E-state index contributed by atoms with van der Waals surface area (Å²) in [4.78, 5) is 0. The molecule has 0 aliphatic rings. The van der Waals surface area contributed by atoms with E-state index in [1.165, 1.54) is 22.3 Å². The molecule has 0 radical (unpaired) electrons. The van der Waals surface area contributed by atoms with E-state index in [0.29, 0.717) is 5.92 Å². The number of benzene rings is 2. The third kappa shape index (κ3) is 4.14. The quantitative estimate of drug-likeness (QED) is 0.815. The minimum Gasteiger partial charge on any atom is -0.486 e. The molecule has 0 aliphatic carbocycles. The SMILES string of the molecule is Cc1cccc(C(C)Oc2ccc(C(C)C(C)(C)N)cc2)c1C. The Labute approximate surface area is 140 Å². The minimum atomic E-state index is -0.228. The number of rotatable bonds is 5. The van der Waals surface area contributed by atoms with Crippen LogP contribution in [-0.4, -0.2) is 5.54 Å². The Morgan fingerprint density at radius 2 is 1.57 bits per heavy atom. The molecule has 0 aromatic heterocycles. The summed E-state index contributed by atoms with van der Waals surface area (Å²) in [6, 6.07) is 14.7. The summed E-state index contributed by atoms with van der Waals surface area (Å²) < 4.78 is 6.13. The van der Waals surface area contributed by atoms with Crippen molar-refractivity contribution in [3.05, 3.63) is 64.7 Å². The zero-order valence-corrected chi connectivity index (χ0v) is 15.2. The standard InChI is InChI=1S/C21H29NO/c1-14-8-7-9-20(15(14)2)17(4)23-19-12-10-18(11-13-19)16(3)21(5,6)22/h7-13,16-17H,22H2,1-6H3. The van der Waals surface area contributed by atoms with Crippen molar-refractivity contribution in [3.8, 4) is 5.75 Å². The van der Waals surface area contributed by atoms with E-state index in [1.54, 1.807) is 0 Å². The van der Waals surface area contributed by atoms with Crippen LogP contribution in [0.3, 0.4) is 0 Å². The van der Waals surface area contributed by atoms with Crippen LogP contribution >= 0.6 is 0 Å². The Bertz CT molecular complexity index is 653. The van der Waals surface area contributed by atoms with Crippen LogP contribution in [0.4, 0.5) is 0 Å². The molecule has 2 rings (SSSR count). The Morgan fingerprint density at radius 3 is 2.13 bits per heavy atom. The fraction of sp³-hybridized carbons (Fsp3) is 0.429. The van der Waals surface area contributed by atoms with Crippen LogP contribution in [0.15, 0.2) is 42.5 Å². The Morgan fingerprint density at radius 1 is 0.957 bits per heavy atom. The summed E-state index contributed by atoms with van der Waals surface area (Å²) in [5.74, 6) is 1.19. The van der Waals surface area contributed by atoms with Gasteiger partial charge in [-0.2, -0.15) is 0 Å². The zero-order valence-electron chi connectivity index (χ0n) is 15.2. The Hall–Kier alpha value is -1.80. The van der Waals surface area contributed by atoms with E-state index in [0.717, 1.165) is 5.75 Å². The average molecular weight is 311 g/mol. The second-order valence-corrected chi connectivity index (χ2v) is 7.16. The summed E-state index contributed by atoms with van der Waals surface area (Å²) in [6.45, 7) is 12.7. The molecule has 0 bridgehead atoms. The summed E-state index contributed by atoms with van der Waals surface area (Å²) >= 11 is 0. The first-order valence-corrected chi connectivity index (χ1v) is 8.31. The average Bonchev–Trinajstić information content (AvgIpc) is 2.49. The summed E-state index contributed by atoms with van der Waals surface area (Å²) in [7, 11) is 0. The predicted molar refractivity (Wildman–Crippen MR) is 98.1 cm³/mol. The maximum atomic E-state index is 6.21. The third-order valence-electron chi connectivity index (χ3n) is 4.89. The lowest BCUT2D eigenvalue weighted by atomic mass is 9.84. The first-order valence-electron chi connectivity index (χ1n) is 8.31. The highest BCUT2D eigenvalue weighted by Crippen LogP contribution is 2.29. The number of aryl methyl sites for hydroxylation is 1. The first-order chi connectivity index (χ1) is 10.7. The number of ether oxygens (including phenoxy) is 1. The topological polar surface area (TPSA) is 35.2 Å². The molecule has 2 atom stereocenters. The normalized spacial score (nSPS) is 14.4. The monoisotopic (exact) mass is 311 g/mol. The van der Waals surface area contributed by atoms with Gasteiger partial charge in [-0.05, 0) is 74.9 Å². The molecule has 0 saturated carbocycles. The smallest absolute Gasteiger partial charge is 0.121 e. The predicted octanol–water partition coefficient (Wildman–Crippen LogP) is 5.28. The highest BCUT2D eigenvalue weighted by Gasteiger charge is 2.22. The molecule has 2 aromatic rings. The first kappa shape index (κ1) is 17.6. The van der Waals surface area contributed by atoms with Gasteiger partial charge in [0.15, 0.2) is 0 Å². The van der Waals surface area contributed by atoms with Gasteiger partial charge in [0, 0.05) is 5.54 Å². The lowest BCUT2D eigenvalue weighted by Gasteiger charge is -2.27. The fourth-order valence-electron chi connectivity index (χ4n) is 2.75. The zero-order chi connectivity index (χ0) is 17.2. The van der Waals surface area contributed by atoms with Gasteiger partial charge in [-0.3, -0.25) is 0 Å². The molecular formula is C21H29NO. The highest BCUT2D eigenvalue weighted by atomic mass is 16.5. The van der Waals surface area contributed by atoms with Crippen LogP contribution in [0.1, 0.15) is 62.0 Å². The van der Waals surface area contributed by atoms with E-state index < -0.39 is 0 Å². The maximum absolute atomic E-state index is 6.21. The number of hydrogen-bond donors (Lipinski definition) is 1. The molecule has 0 fully saturated rings. The second-order valence-electron chi connectivity index (χ2n) is 7.16. The van der Waals surface area contributed by atoms with Gasteiger partial charge in [0.05, 0.1) is 0 Å². The third-order valence-corrected chi connectivity index (χ3v) is 4.89. The van der Waals surface area contributed by atoms with Crippen LogP contribution in [0.25, 0.3) is 0 Å². The van der Waals surface area contributed by atoms with Gasteiger partial charge in [0.1, 0.15) is 11.9 Å². The molecule has 0 saturated heterocycles. The van der Waals surface area contributed by atoms with Crippen molar-refractivity contribution in [2.75, 3.05) is 0 Å². The van der Waals surface area contributed by atoms with Crippen molar-refractivity contribution in [1.82, 2.24) is 0 Å². The molecule has 2 heteroatoms. The van der Waals surface area contributed by atoms with Crippen LogP contribution < -0.4 is 10.5 Å². The van der Waals surface area contributed by atoms with Gasteiger partial charge in [-0.15, -0.1) is 0 Å². The van der Waals surface area contributed by atoms with Crippen LogP contribution in [-0.2, 0) is 0 Å². The van der Waals surface area contributed by atoms with Gasteiger partial charge in [-0.25, -0.2) is 0 Å². The van der Waals surface area contributed by atoms with Crippen molar-refractivity contribution < 1.29 is 4.74 Å². The van der Waals surface area contributed by atoms with E-state index in [4.69, 9.17) is 10.5 Å². The van der Waals surface area contributed by atoms with Crippen LogP contribution in [0.2, 0.25) is 0 Å². The van der Waals surface area contributed by atoms with Crippen LogP contribution in [0, 0.1) is 13.8 Å². The van der Waals surface area contributed by atoms with Crippen molar-refractivity contribution in [2.45, 2.75) is 59.1 Å². The lowest BCUT2D eigenvalue weighted by Crippen LogP contribution is -2.37. The molecule has 2 unspecified atom stereocenters. The molecule has 2 aromatic carbocycles. The Kier molecular flexibility index (Phi) is 5.16. The van der Waals surface area contributed by atoms with Crippen LogP contribution in [0.5, 0.6) is 5.75 Å².